The van der Waals surface area contributed by atoms with Gasteiger partial charge in [0.1, 0.15) is 10.7 Å². The molecule has 4 nitrogen and oxygen atoms in total. The summed E-state index contributed by atoms with van der Waals surface area (Å²) in [7, 11) is 0. The molecule has 1 aromatic rings. The number of hydrogen-bond donors (Lipinski definition) is 2. The minimum Gasteiger partial charge on any atom is -0.380 e. The van der Waals surface area contributed by atoms with Crippen LogP contribution in [0.2, 0.25) is 10.0 Å². The van der Waals surface area contributed by atoms with Crippen LogP contribution in [0.1, 0.15) is 0 Å². The van der Waals surface area contributed by atoms with Crippen LogP contribution >= 0.6 is 23.2 Å². The Labute approximate surface area is 102 Å². The molecule has 1 aromatic carbocycles. The van der Waals surface area contributed by atoms with Crippen LogP contribution in [0.3, 0.4) is 0 Å². The number of halogens is 2. The van der Waals surface area contributed by atoms with Gasteiger partial charge in [-0.2, -0.15) is 0 Å². The highest BCUT2D eigenvalue weighted by Crippen LogP contribution is 2.24. The molecule has 2 aliphatic rings. The summed E-state index contributed by atoms with van der Waals surface area (Å²) in [5.41, 5.74) is 1.86. The van der Waals surface area contributed by atoms with Crippen molar-refractivity contribution in [3.8, 4) is 0 Å². The zero-order chi connectivity index (χ0) is 11.1. The fourth-order valence-corrected chi connectivity index (χ4v) is 2.49. The quantitative estimate of drug-likeness (QED) is 0.730. The third-order valence-electron chi connectivity index (χ3n) is 2.70. The molecular weight excluding hydrogens is 247 g/mol. The molecule has 84 valence electrons. The molecule has 3 rings (SSSR count). The second-order valence-corrected chi connectivity index (χ2v) is 4.45. The van der Waals surface area contributed by atoms with Crippen molar-refractivity contribution < 1.29 is 0 Å². The van der Waals surface area contributed by atoms with Gasteiger partial charge in [-0.3, -0.25) is 9.98 Å². The molecule has 0 saturated heterocycles. The third kappa shape index (κ3) is 1.37. The van der Waals surface area contributed by atoms with Crippen molar-refractivity contribution in [1.29, 1.82) is 0 Å². The van der Waals surface area contributed by atoms with Crippen molar-refractivity contribution >= 4 is 34.6 Å². The standard InChI is InChI=1S/C10H10Cl2N4/c11-5-6(12)8-10(16-4-2-14-8)9-7(5)13-1-3-15-9/h15-16H,1-4H2. The summed E-state index contributed by atoms with van der Waals surface area (Å²) in [6, 6.07) is 0. The topological polar surface area (TPSA) is 48.8 Å². The smallest absolute Gasteiger partial charge is 0.103 e. The SMILES string of the molecule is Clc1c(Cl)c2c(c3c1=NCCN3)NCCN=2. The summed E-state index contributed by atoms with van der Waals surface area (Å²) in [6.07, 6.45) is 0. The van der Waals surface area contributed by atoms with Gasteiger partial charge in [0.15, 0.2) is 0 Å². The first-order chi connectivity index (χ1) is 7.79. The number of rotatable bonds is 0. The Morgan fingerprint density at radius 2 is 1.25 bits per heavy atom. The monoisotopic (exact) mass is 256 g/mol. The van der Waals surface area contributed by atoms with E-state index in [0.29, 0.717) is 10.0 Å². The molecule has 2 N–H and O–H groups in total. The van der Waals surface area contributed by atoms with Crippen molar-refractivity contribution in [3.63, 3.8) is 0 Å². The molecule has 16 heavy (non-hydrogen) atoms. The lowest BCUT2D eigenvalue weighted by atomic mass is 10.2. The largest absolute Gasteiger partial charge is 0.380 e. The van der Waals surface area contributed by atoms with Gasteiger partial charge in [-0.1, -0.05) is 23.2 Å². The number of nitrogens with zero attached hydrogens (tertiary/aromatic N) is 2. The molecule has 2 aliphatic heterocycles. The van der Waals surface area contributed by atoms with Crippen LogP contribution in [0.4, 0.5) is 11.4 Å². The van der Waals surface area contributed by atoms with E-state index in [-0.39, 0.29) is 0 Å². The van der Waals surface area contributed by atoms with Gasteiger partial charge in [-0.05, 0) is 0 Å². The van der Waals surface area contributed by atoms with Gasteiger partial charge in [0.05, 0.1) is 34.5 Å². The number of fused-ring (bicyclic) bond motifs is 3. The van der Waals surface area contributed by atoms with Crippen molar-refractivity contribution in [1.82, 2.24) is 0 Å². The van der Waals surface area contributed by atoms with E-state index in [1.807, 2.05) is 0 Å². The van der Waals surface area contributed by atoms with Crippen LogP contribution in [0.5, 0.6) is 0 Å². The van der Waals surface area contributed by atoms with Crippen molar-refractivity contribution in [2.75, 3.05) is 36.8 Å². The fourth-order valence-electron chi connectivity index (χ4n) is 2.00. The molecule has 0 saturated carbocycles. The molecule has 0 aliphatic carbocycles. The molecule has 0 spiro atoms. The van der Waals surface area contributed by atoms with E-state index in [2.05, 4.69) is 20.6 Å². The van der Waals surface area contributed by atoms with E-state index in [4.69, 9.17) is 23.2 Å². The van der Waals surface area contributed by atoms with Crippen LogP contribution in [-0.2, 0) is 0 Å². The minimum atomic E-state index is 0.495. The number of hydrogen-bond acceptors (Lipinski definition) is 4. The van der Waals surface area contributed by atoms with E-state index in [1.165, 1.54) is 0 Å². The summed E-state index contributed by atoms with van der Waals surface area (Å²) in [5, 5.41) is 9.09. The molecule has 0 unspecified atom stereocenters. The third-order valence-corrected chi connectivity index (χ3v) is 3.53. The first kappa shape index (κ1) is 10.2. The first-order valence-electron chi connectivity index (χ1n) is 5.16. The average molecular weight is 257 g/mol. The Kier molecular flexibility index (Phi) is 2.41. The van der Waals surface area contributed by atoms with E-state index in [1.54, 1.807) is 0 Å². The van der Waals surface area contributed by atoms with Crippen LogP contribution in [0.25, 0.3) is 0 Å². The Balaban J connectivity index is 2.46. The van der Waals surface area contributed by atoms with Crippen molar-refractivity contribution in [2.24, 2.45) is 9.98 Å². The van der Waals surface area contributed by atoms with E-state index >= 15 is 0 Å². The highest BCUT2D eigenvalue weighted by atomic mass is 35.5. The molecule has 0 radical (unpaired) electrons. The summed E-state index contributed by atoms with van der Waals surface area (Å²) in [4.78, 5) is 8.80. The van der Waals surface area contributed by atoms with Crippen LogP contribution < -0.4 is 21.3 Å². The fraction of sp³-hybridized carbons (Fsp3) is 0.400. The Morgan fingerprint density at radius 1 is 0.812 bits per heavy atom. The Bertz CT molecular complexity index is 516. The molecule has 0 atom stereocenters. The molecule has 0 amide bonds. The van der Waals surface area contributed by atoms with Gasteiger partial charge >= 0.3 is 0 Å². The predicted octanol–water partition coefficient (Wildman–Crippen LogP) is 1.08. The second kappa shape index (κ2) is 3.79. The lowest BCUT2D eigenvalue weighted by Crippen LogP contribution is -2.32. The number of benzene rings is 1. The number of nitrogens with one attached hydrogen (secondary N) is 2. The van der Waals surface area contributed by atoms with Crippen molar-refractivity contribution in [2.45, 2.75) is 0 Å². The lowest BCUT2D eigenvalue weighted by molar-refractivity contribution is 0.914. The zero-order valence-electron chi connectivity index (χ0n) is 8.48. The molecular formula is C10H10Cl2N4. The maximum absolute atomic E-state index is 6.19. The Hall–Kier alpha value is -1.00. The molecule has 6 heteroatoms. The molecule has 0 bridgehead atoms. The van der Waals surface area contributed by atoms with Crippen molar-refractivity contribution in [3.05, 3.63) is 20.8 Å². The highest BCUT2D eigenvalue weighted by molar-refractivity contribution is 6.42. The van der Waals surface area contributed by atoms with E-state index in [0.717, 1.165) is 48.3 Å². The highest BCUT2D eigenvalue weighted by Gasteiger charge is 2.19. The number of anilines is 2. The van der Waals surface area contributed by atoms with E-state index < -0.39 is 0 Å². The predicted molar refractivity (Wildman–Crippen MR) is 65.5 cm³/mol. The zero-order valence-corrected chi connectivity index (χ0v) is 9.99. The summed E-state index contributed by atoms with van der Waals surface area (Å²) in [5.74, 6) is 0. The summed E-state index contributed by atoms with van der Waals surface area (Å²) in [6.45, 7) is 3.08. The van der Waals surface area contributed by atoms with Crippen LogP contribution in [0, 0.1) is 0 Å². The van der Waals surface area contributed by atoms with Gasteiger partial charge in [0.25, 0.3) is 0 Å². The van der Waals surface area contributed by atoms with Gasteiger partial charge in [-0.15, -0.1) is 0 Å². The van der Waals surface area contributed by atoms with Gasteiger partial charge in [0.2, 0.25) is 0 Å². The first-order valence-corrected chi connectivity index (χ1v) is 5.92. The minimum absolute atomic E-state index is 0.495. The Morgan fingerprint density at radius 3 is 1.69 bits per heavy atom. The normalized spacial score (nSPS) is 17.1. The van der Waals surface area contributed by atoms with Gasteiger partial charge < -0.3 is 10.6 Å². The average Bonchev–Trinajstić information content (AvgIpc) is 2.36. The lowest BCUT2D eigenvalue weighted by Gasteiger charge is -2.21. The van der Waals surface area contributed by atoms with E-state index in [9.17, 15) is 0 Å². The maximum atomic E-state index is 6.19. The van der Waals surface area contributed by atoms with Gasteiger partial charge in [-0.25, -0.2) is 0 Å². The van der Waals surface area contributed by atoms with Crippen LogP contribution in [-0.4, -0.2) is 26.2 Å². The maximum Gasteiger partial charge on any atom is 0.103 e. The molecule has 2 heterocycles. The second-order valence-electron chi connectivity index (χ2n) is 3.69. The molecule has 0 aromatic heterocycles. The summed E-state index contributed by atoms with van der Waals surface area (Å²) >= 11 is 12.4. The van der Waals surface area contributed by atoms with Crippen LogP contribution in [0.15, 0.2) is 9.98 Å². The van der Waals surface area contributed by atoms with Gasteiger partial charge in [0, 0.05) is 13.1 Å². The molecule has 0 fully saturated rings. The summed E-state index contributed by atoms with van der Waals surface area (Å²) < 4.78 is 0.